The number of nitrogens with two attached hydrogens (primary N) is 1. The Kier molecular flexibility index (Phi) is 5.24. The molecule has 1 aromatic carbocycles. The first-order chi connectivity index (χ1) is 9.91. The number of nitrogens with zero attached hydrogens (tertiary/aromatic N) is 1. The summed E-state index contributed by atoms with van der Waals surface area (Å²) in [7, 11) is -0.354. The fourth-order valence-electron chi connectivity index (χ4n) is 2.52. The van der Waals surface area contributed by atoms with Gasteiger partial charge in [-0.25, -0.2) is 12.7 Å². The van der Waals surface area contributed by atoms with Crippen molar-refractivity contribution < 1.29 is 13.2 Å². The van der Waals surface area contributed by atoms with Crippen LogP contribution in [0.3, 0.4) is 0 Å². The highest BCUT2D eigenvalue weighted by Gasteiger charge is 2.22. The van der Waals surface area contributed by atoms with Gasteiger partial charge in [0, 0.05) is 20.1 Å². The average Bonchev–Trinajstić information content (AvgIpc) is 2.65. The third-order valence-corrected chi connectivity index (χ3v) is 5.72. The molecule has 0 saturated heterocycles. The molecule has 21 heavy (non-hydrogen) atoms. The van der Waals surface area contributed by atoms with E-state index in [0.29, 0.717) is 5.75 Å². The number of benzene rings is 1. The molecule has 0 heterocycles. The second kappa shape index (κ2) is 6.77. The summed E-state index contributed by atoms with van der Waals surface area (Å²) in [5.74, 6) is 0.676. The van der Waals surface area contributed by atoms with Gasteiger partial charge in [0.05, 0.1) is 4.90 Å². The first kappa shape index (κ1) is 16.3. The Morgan fingerprint density at radius 1 is 1.10 bits per heavy atom. The van der Waals surface area contributed by atoms with Crippen molar-refractivity contribution in [2.75, 3.05) is 14.1 Å². The van der Waals surface area contributed by atoms with E-state index >= 15 is 0 Å². The SMILES string of the molecule is CN(C)S(=O)(=O)c1ccc(OC2CCCCCC2N)cc1. The Hall–Kier alpha value is -1.11. The van der Waals surface area contributed by atoms with Gasteiger partial charge >= 0.3 is 0 Å². The highest BCUT2D eigenvalue weighted by atomic mass is 32.2. The van der Waals surface area contributed by atoms with E-state index in [1.165, 1.54) is 24.8 Å². The molecule has 2 N–H and O–H groups in total. The maximum Gasteiger partial charge on any atom is 0.242 e. The van der Waals surface area contributed by atoms with Gasteiger partial charge in [0.25, 0.3) is 0 Å². The fraction of sp³-hybridized carbons (Fsp3) is 0.600. The van der Waals surface area contributed by atoms with Gasteiger partial charge in [-0.2, -0.15) is 0 Å². The predicted molar refractivity (Wildman–Crippen MR) is 82.8 cm³/mol. The molecule has 2 rings (SSSR count). The van der Waals surface area contributed by atoms with Gasteiger partial charge in [-0.15, -0.1) is 0 Å². The topological polar surface area (TPSA) is 72.6 Å². The Morgan fingerprint density at radius 3 is 2.33 bits per heavy atom. The lowest BCUT2D eigenvalue weighted by Gasteiger charge is -2.23. The summed E-state index contributed by atoms with van der Waals surface area (Å²) in [6, 6.07) is 6.61. The first-order valence-corrected chi connectivity index (χ1v) is 8.80. The number of rotatable bonds is 4. The van der Waals surface area contributed by atoms with Gasteiger partial charge in [-0.1, -0.05) is 12.8 Å². The van der Waals surface area contributed by atoms with Crippen molar-refractivity contribution in [2.45, 2.75) is 49.1 Å². The Labute approximate surface area is 127 Å². The summed E-state index contributed by atoms with van der Waals surface area (Å²) in [5.41, 5.74) is 6.14. The van der Waals surface area contributed by atoms with Crippen LogP contribution in [0.2, 0.25) is 0 Å². The van der Waals surface area contributed by atoms with E-state index in [1.807, 2.05) is 0 Å². The Bertz CT molecular complexity index is 555. The zero-order chi connectivity index (χ0) is 15.5. The number of ether oxygens (including phenoxy) is 1. The normalized spacial score (nSPS) is 23.8. The molecule has 2 unspecified atom stereocenters. The molecule has 118 valence electrons. The molecule has 1 fully saturated rings. The van der Waals surface area contributed by atoms with Crippen LogP contribution in [0.25, 0.3) is 0 Å². The van der Waals surface area contributed by atoms with Crippen LogP contribution >= 0.6 is 0 Å². The van der Waals surface area contributed by atoms with E-state index < -0.39 is 10.0 Å². The monoisotopic (exact) mass is 312 g/mol. The van der Waals surface area contributed by atoms with E-state index in [1.54, 1.807) is 24.3 Å². The minimum absolute atomic E-state index is 0.0174. The summed E-state index contributed by atoms with van der Waals surface area (Å²) in [6.07, 6.45) is 5.44. The third kappa shape index (κ3) is 3.96. The van der Waals surface area contributed by atoms with E-state index in [9.17, 15) is 8.42 Å². The van der Waals surface area contributed by atoms with Gasteiger partial charge in [-0.05, 0) is 43.5 Å². The standard InChI is InChI=1S/C15H24N2O3S/c1-17(2)21(18,19)13-10-8-12(9-11-13)20-15-7-5-3-4-6-14(15)16/h8-11,14-15H,3-7,16H2,1-2H3. The van der Waals surface area contributed by atoms with E-state index in [2.05, 4.69) is 0 Å². The Morgan fingerprint density at radius 2 is 1.71 bits per heavy atom. The summed E-state index contributed by atoms with van der Waals surface area (Å²) in [4.78, 5) is 0.269. The highest BCUT2D eigenvalue weighted by Crippen LogP contribution is 2.24. The lowest BCUT2D eigenvalue weighted by atomic mass is 10.1. The van der Waals surface area contributed by atoms with Gasteiger partial charge in [0.2, 0.25) is 10.0 Å². The molecule has 0 aliphatic heterocycles. The van der Waals surface area contributed by atoms with Crippen LogP contribution in [0.1, 0.15) is 32.1 Å². The van der Waals surface area contributed by atoms with Crippen molar-refractivity contribution in [1.82, 2.24) is 4.31 Å². The third-order valence-electron chi connectivity index (χ3n) is 3.89. The van der Waals surface area contributed by atoms with Gasteiger partial charge in [0.15, 0.2) is 0 Å². The minimum Gasteiger partial charge on any atom is -0.489 e. The van der Waals surface area contributed by atoms with Crippen molar-refractivity contribution >= 4 is 10.0 Å². The van der Waals surface area contributed by atoms with Crippen molar-refractivity contribution in [3.63, 3.8) is 0 Å². The molecule has 6 heteroatoms. The van der Waals surface area contributed by atoms with Crippen LogP contribution in [0.4, 0.5) is 0 Å². The second-order valence-corrected chi connectivity index (χ2v) is 7.87. The van der Waals surface area contributed by atoms with Crippen molar-refractivity contribution in [3.8, 4) is 5.75 Å². The zero-order valence-corrected chi connectivity index (χ0v) is 13.5. The maximum absolute atomic E-state index is 12.0. The lowest BCUT2D eigenvalue weighted by molar-refractivity contribution is 0.162. The molecule has 0 spiro atoms. The molecule has 2 atom stereocenters. The van der Waals surface area contributed by atoms with Crippen LogP contribution < -0.4 is 10.5 Å². The van der Waals surface area contributed by atoms with Crippen LogP contribution in [0.15, 0.2) is 29.2 Å². The van der Waals surface area contributed by atoms with Gasteiger partial charge in [0.1, 0.15) is 11.9 Å². The van der Waals surface area contributed by atoms with Crippen LogP contribution in [-0.2, 0) is 10.0 Å². The quantitative estimate of drug-likeness (QED) is 0.863. The van der Waals surface area contributed by atoms with Crippen LogP contribution in [-0.4, -0.2) is 39.0 Å². The number of hydrogen-bond donors (Lipinski definition) is 1. The molecular weight excluding hydrogens is 288 g/mol. The molecule has 0 amide bonds. The molecule has 5 nitrogen and oxygen atoms in total. The van der Waals surface area contributed by atoms with E-state index in [-0.39, 0.29) is 17.0 Å². The summed E-state index contributed by atoms with van der Waals surface area (Å²) in [5, 5.41) is 0. The summed E-state index contributed by atoms with van der Waals surface area (Å²) in [6.45, 7) is 0. The minimum atomic E-state index is -3.39. The summed E-state index contributed by atoms with van der Waals surface area (Å²) >= 11 is 0. The van der Waals surface area contributed by atoms with Crippen molar-refractivity contribution in [1.29, 1.82) is 0 Å². The van der Waals surface area contributed by atoms with Crippen molar-refractivity contribution in [2.24, 2.45) is 5.73 Å². The fourth-order valence-corrected chi connectivity index (χ4v) is 3.43. The van der Waals surface area contributed by atoms with Crippen LogP contribution in [0.5, 0.6) is 5.75 Å². The largest absolute Gasteiger partial charge is 0.489 e. The van der Waals surface area contributed by atoms with Gasteiger partial charge in [-0.3, -0.25) is 0 Å². The molecular formula is C15H24N2O3S. The maximum atomic E-state index is 12.0. The van der Waals surface area contributed by atoms with Crippen LogP contribution in [0, 0.1) is 0 Å². The predicted octanol–water partition coefficient (Wildman–Crippen LogP) is 1.98. The molecule has 1 saturated carbocycles. The van der Waals surface area contributed by atoms with E-state index in [4.69, 9.17) is 10.5 Å². The Balaban J connectivity index is 2.09. The number of hydrogen-bond acceptors (Lipinski definition) is 4. The van der Waals surface area contributed by atoms with Crippen molar-refractivity contribution in [3.05, 3.63) is 24.3 Å². The smallest absolute Gasteiger partial charge is 0.242 e. The lowest BCUT2D eigenvalue weighted by Crippen LogP contribution is -2.37. The average molecular weight is 312 g/mol. The first-order valence-electron chi connectivity index (χ1n) is 7.36. The second-order valence-electron chi connectivity index (χ2n) is 5.72. The highest BCUT2D eigenvalue weighted by molar-refractivity contribution is 7.89. The summed E-state index contributed by atoms with van der Waals surface area (Å²) < 4.78 is 31.1. The molecule has 1 aliphatic carbocycles. The molecule has 0 aromatic heterocycles. The molecule has 0 bridgehead atoms. The zero-order valence-electron chi connectivity index (χ0n) is 12.7. The molecule has 0 radical (unpaired) electrons. The molecule has 1 aromatic rings. The number of sulfonamides is 1. The van der Waals surface area contributed by atoms with E-state index in [0.717, 1.165) is 25.7 Å². The molecule has 1 aliphatic rings. The van der Waals surface area contributed by atoms with Gasteiger partial charge < -0.3 is 10.5 Å².